The molecule has 98 valence electrons. The topological polar surface area (TPSA) is 55.6 Å². The van der Waals surface area contributed by atoms with Crippen molar-refractivity contribution in [1.29, 1.82) is 0 Å². The second-order valence-corrected chi connectivity index (χ2v) is 4.61. The van der Waals surface area contributed by atoms with Crippen molar-refractivity contribution >= 4 is 11.7 Å². The Kier molecular flexibility index (Phi) is 3.52. The highest BCUT2D eigenvalue weighted by atomic mass is 19.1. The van der Waals surface area contributed by atoms with Crippen molar-refractivity contribution in [2.45, 2.75) is 18.4 Å². The average Bonchev–Trinajstić information content (AvgIpc) is 2.40. The molecule has 1 aliphatic heterocycles. The van der Waals surface area contributed by atoms with E-state index < -0.39 is 5.54 Å². The van der Waals surface area contributed by atoms with Crippen LogP contribution in [-0.2, 0) is 9.53 Å². The Morgan fingerprint density at radius 1 is 1.33 bits per heavy atom. The molecule has 2 rings (SSSR count). The highest BCUT2D eigenvalue weighted by molar-refractivity contribution is 5.81. The third-order valence-corrected chi connectivity index (χ3v) is 3.44. The summed E-state index contributed by atoms with van der Waals surface area (Å²) in [5.74, 6) is -0.611. The molecule has 0 aromatic heterocycles. The number of piperidine rings is 1. The van der Waals surface area contributed by atoms with Gasteiger partial charge in [-0.05, 0) is 37.1 Å². The number of esters is 1. The van der Waals surface area contributed by atoms with Crippen LogP contribution in [-0.4, -0.2) is 31.7 Å². The monoisotopic (exact) mass is 252 g/mol. The van der Waals surface area contributed by atoms with E-state index in [-0.39, 0.29) is 11.8 Å². The molecule has 0 radical (unpaired) electrons. The van der Waals surface area contributed by atoms with E-state index in [9.17, 15) is 9.18 Å². The molecule has 5 heteroatoms. The summed E-state index contributed by atoms with van der Waals surface area (Å²) in [5.41, 5.74) is 6.08. The van der Waals surface area contributed by atoms with Gasteiger partial charge in [-0.15, -0.1) is 0 Å². The minimum absolute atomic E-state index is 0.251. The summed E-state index contributed by atoms with van der Waals surface area (Å²) in [6, 6.07) is 6.33. The first-order valence-corrected chi connectivity index (χ1v) is 5.93. The quantitative estimate of drug-likeness (QED) is 0.806. The van der Waals surface area contributed by atoms with Gasteiger partial charge >= 0.3 is 5.97 Å². The van der Waals surface area contributed by atoms with Crippen LogP contribution in [0.4, 0.5) is 10.1 Å². The lowest BCUT2D eigenvalue weighted by Gasteiger charge is -2.38. The van der Waals surface area contributed by atoms with Gasteiger partial charge in [-0.3, -0.25) is 4.79 Å². The van der Waals surface area contributed by atoms with Gasteiger partial charge in [0.15, 0.2) is 0 Å². The Balaban J connectivity index is 2.02. The van der Waals surface area contributed by atoms with Gasteiger partial charge in [0.25, 0.3) is 0 Å². The molecule has 0 saturated carbocycles. The van der Waals surface area contributed by atoms with Crippen molar-refractivity contribution in [2.24, 2.45) is 5.73 Å². The minimum Gasteiger partial charge on any atom is -0.468 e. The predicted molar refractivity (Wildman–Crippen MR) is 66.8 cm³/mol. The van der Waals surface area contributed by atoms with E-state index in [2.05, 4.69) is 4.90 Å². The Morgan fingerprint density at radius 3 is 2.39 bits per heavy atom. The van der Waals surface area contributed by atoms with Gasteiger partial charge in [0.1, 0.15) is 11.4 Å². The van der Waals surface area contributed by atoms with E-state index in [0.717, 1.165) is 5.69 Å². The van der Waals surface area contributed by atoms with Crippen molar-refractivity contribution in [3.63, 3.8) is 0 Å². The number of methoxy groups -OCH3 is 1. The molecule has 0 spiro atoms. The molecule has 1 aromatic carbocycles. The van der Waals surface area contributed by atoms with Crippen LogP contribution < -0.4 is 10.6 Å². The summed E-state index contributed by atoms with van der Waals surface area (Å²) >= 11 is 0. The fourth-order valence-electron chi connectivity index (χ4n) is 2.22. The molecular weight excluding hydrogens is 235 g/mol. The largest absolute Gasteiger partial charge is 0.468 e. The summed E-state index contributed by atoms with van der Waals surface area (Å²) in [4.78, 5) is 13.7. The summed E-state index contributed by atoms with van der Waals surface area (Å²) in [6.07, 6.45) is 1.08. The van der Waals surface area contributed by atoms with E-state index >= 15 is 0 Å². The van der Waals surface area contributed by atoms with Crippen molar-refractivity contribution < 1.29 is 13.9 Å². The molecule has 4 nitrogen and oxygen atoms in total. The number of ether oxygens (including phenoxy) is 1. The van der Waals surface area contributed by atoms with Crippen molar-refractivity contribution in [3.05, 3.63) is 30.1 Å². The van der Waals surface area contributed by atoms with E-state index in [1.165, 1.54) is 19.2 Å². The molecule has 1 fully saturated rings. The van der Waals surface area contributed by atoms with E-state index in [1.54, 1.807) is 12.1 Å². The Morgan fingerprint density at radius 2 is 1.89 bits per heavy atom. The molecule has 0 amide bonds. The lowest BCUT2D eigenvalue weighted by molar-refractivity contribution is -0.147. The van der Waals surface area contributed by atoms with Gasteiger partial charge in [0, 0.05) is 18.8 Å². The first-order valence-electron chi connectivity index (χ1n) is 5.93. The lowest BCUT2D eigenvalue weighted by atomic mass is 9.88. The second-order valence-electron chi connectivity index (χ2n) is 4.61. The summed E-state index contributed by atoms with van der Waals surface area (Å²) in [7, 11) is 1.35. The molecule has 0 aliphatic carbocycles. The number of hydrogen-bond acceptors (Lipinski definition) is 4. The van der Waals surface area contributed by atoms with Crippen LogP contribution in [0.2, 0.25) is 0 Å². The summed E-state index contributed by atoms with van der Waals surface area (Å²) in [6.45, 7) is 1.33. The van der Waals surface area contributed by atoms with Gasteiger partial charge in [-0.25, -0.2) is 4.39 Å². The summed E-state index contributed by atoms with van der Waals surface area (Å²) < 4.78 is 17.5. The zero-order chi connectivity index (χ0) is 13.2. The molecule has 0 bridgehead atoms. The maximum atomic E-state index is 12.8. The normalized spacial score (nSPS) is 18.5. The summed E-state index contributed by atoms with van der Waals surface area (Å²) in [5, 5.41) is 0. The molecule has 0 unspecified atom stereocenters. The van der Waals surface area contributed by atoms with Crippen LogP contribution in [0.15, 0.2) is 24.3 Å². The van der Waals surface area contributed by atoms with Crippen LogP contribution in [0.3, 0.4) is 0 Å². The molecular formula is C13H17FN2O2. The van der Waals surface area contributed by atoms with Crippen molar-refractivity contribution in [3.8, 4) is 0 Å². The lowest BCUT2D eigenvalue weighted by Crippen LogP contribution is -2.56. The van der Waals surface area contributed by atoms with Crippen LogP contribution in [0.5, 0.6) is 0 Å². The molecule has 2 N–H and O–H groups in total. The van der Waals surface area contributed by atoms with Gasteiger partial charge in [0.05, 0.1) is 7.11 Å². The molecule has 1 saturated heterocycles. The van der Waals surface area contributed by atoms with Gasteiger partial charge in [-0.1, -0.05) is 0 Å². The number of rotatable bonds is 2. The Bertz CT molecular complexity index is 425. The first-order chi connectivity index (χ1) is 8.55. The zero-order valence-electron chi connectivity index (χ0n) is 10.4. The maximum absolute atomic E-state index is 12.8. The maximum Gasteiger partial charge on any atom is 0.325 e. The van der Waals surface area contributed by atoms with Gasteiger partial charge < -0.3 is 15.4 Å². The minimum atomic E-state index is -0.884. The third kappa shape index (κ3) is 2.46. The van der Waals surface area contributed by atoms with Crippen LogP contribution in [0.1, 0.15) is 12.8 Å². The number of carbonyl (C=O) groups is 1. The predicted octanol–water partition coefficient (Wildman–Crippen LogP) is 1.30. The highest BCUT2D eigenvalue weighted by Gasteiger charge is 2.38. The number of nitrogens with zero attached hydrogens (tertiary/aromatic N) is 1. The average molecular weight is 252 g/mol. The first kappa shape index (κ1) is 12.8. The van der Waals surface area contributed by atoms with E-state index in [4.69, 9.17) is 10.5 Å². The SMILES string of the molecule is COC(=O)C1(N)CCN(c2ccc(F)cc2)CC1. The number of halogens is 1. The molecule has 1 aromatic rings. The number of hydrogen-bond donors (Lipinski definition) is 1. The number of benzene rings is 1. The molecule has 0 atom stereocenters. The molecule has 1 aliphatic rings. The number of nitrogens with two attached hydrogens (primary N) is 1. The van der Waals surface area contributed by atoms with Crippen molar-refractivity contribution in [1.82, 2.24) is 0 Å². The Labute approximate surface area is 106 Å². The second kappa shape index (κ2) is 4.94. The van der Waals surface area contributed by atoms with Crippen molar-refractivity contribution in [2.75, 3.05) is 25.1 Å². The highest BCUT2D eigenvalue weighted by Crippen LogP contribution is 2.25. The number of carbonyl (C=O) groups excluding carboxylic acids is 1. The van der Waals surface area contributed by atoms with E-state index in [1.807, 2.05) is 0 Å². The Hall–Kier alpha value is -1.62. The van der Waals surface area contributed by atoms with Crippen LogP contribution in [0, 0.1) is 5.82 Å². The smallest absolute Gasteiger partial charge is 0.325 e. The van der Waals surface area contributed by atoms with Gasteiger partial charge in [-0.2, -0.15) is 0 Å². The van der Waals surface area contributed by atoms with E-state index in [0.29, 0.717) is 25.9 Å². The fraction of sp³-hybridized carbons (Fsp3) is 0.462. The third-order valence-electron chi connectivity index (χ3n) is 3.44. The standard InChI is InChI=1S/C13H17FN2O2/c1-18-12(17)13(15)6-8-16(9-7-13)11-4-2-10(14)3-5-11/h2-5H,6-9,15H2,1H3. The number of anilines is 1. The zero-order valence-corrected chi connectivity index (χ0v) is 10.4. The van der Waals surface area contributed by atoms with Crippen LogP contribution in [0.25, 0.3) is 0 Å². The molecule has 1 heterocycles. The fourth-order valence-corrected chi connectivity index (χ4v) is 2.22. The van der Waals surface area contributed by atoms with Crippen LogP contribution >= 0.6 is 0 Å². The molecule has 18 heavy (non-hydrogen) atoms. The van der Waals surface area contributed by atoms with Gasteiger partial charge in [0.2, 0.25) is 0 Å².